The fourth-order valence-corrected chi connectivity index (χ4v) is 5.36. The van der Waals surface area contributed by atoms with Gasteiger partial charge in [-0.25, -0.2) is 14.4 Å². The number of aromatic nitrogens is 4. The van der Waals surface area contributed by atoms with Gasteiger partial charge >= 0.3 is 0 Å². The number of amides is 2. The molecule has 2 aliphatic rings. The molecule has 1 fully saturated rings. The van der Waals surface area contributed by atoms with Gasteiger partial charge in [0, 0.05) is 31.1 Å². The summed E-state index contributed by atoms with van der Waals surface area (Å²) < 4.78 is 19.7. The Morgan fingerprint density at radius 2 is 1.88 bits per heavy atom. The van der Waals surface area contributed by atoms with E-state index in [1.807, 2.05) is 20.8 Å². The van der Waals surface area contributed by atoms with Crippen molar-refractivity contribution in [1.82, 2.24) is 23.8 Å². The molecule has 0 spiro atoms. The number of fused-ring (bicyclic) bond motifs is 1. The molecule has 10 heteroatoms. The molecule has 2 aliphatic heterocycles. The van der Waals surface area contributed by atoms with Crippen LogP contribution in [0.15, 0.2) is 24.3 Å². The van der Waals surface area contributed by atoms with Crippen LogP contribution in [0.4, 0.5) is 10.2 Å². The Labute approximate surface area is 195 Å². The summed E-state index contributed by atoms with van der Waals surface area (Å²) >= 11 is 1.28. The Balaban J connectivity index is 1.59. The molecule has 0 saturated carbocycles. The maximum atomic E-state index is 13.4. The third-order valence-electron chi connectivity index (χ3n) is 6.45. The molecule has 3 aromatic rings. The first-order valence-corrected chi connectivity index (χ1v) is 11.9. The Hall–Kier alpha value is -3.14. The summed E-state index contributed by atoms with van der Waals surface area (Å²) in [4.78, 5) is 39.3. The van der Waals surface area contributed by atoms with E-state index < -0.39 is 0 Å². The average molecular weight is 469 g/mol. The molecule has 33 heavy (non-hydrogen) atoms. The number of carbonyl (C=O) groups excluding carboxylic acids is 2. The third-order valence-corrected chi connectivity index (χ3v) is 7.25. The minimum absolute atomic E-state index is 0.0522. The van der Waals surface area contributed by atoms with E-state index >= 15 is 0 Å². The van der Waals surface area contributed by atoms with Gasteiger partial charge in [-0.3, -0.25) is 14.5 Å². The number of hydrogen-bond donors (Lipinski definition) is 0. The largest absolute Gasteiger partial charge is 0.328 e. The van der Waals surface area contributed by atoms with Crippen LogP contribution in [0.5, 0.6) is 0 Å². The Bertz CT molecular complexity index is 1220. The van der Waals surface area contributed by atoms with Crippen molar-refractivity contribution in [3.05, 3.63) is 47.2 Å². The lowest BCUT2D eigenvalue weighted by Crippen LogP contribution is -2.44. The van der Waals surface area contributed by atoms with Crippen molar-refractivity contribution < 1.29 is 14.0 Å². The molecule has 8 nitrogen and oxygen atoms in total. The van der Waals surface area contributed by atoms with E-state index in [4.69, 9.17) is 4.98 Å². The predicted octanol–water partition coefficient (Wildman–Crippen LogP) is 3.83. The van der Waals surface area contributed by atoms with Gasteiger partial charge in [0.2, 0.25) is 5.91 Å². The smallest absolute Gasteiger partial charge is 0.254 e. The van der Waals surface area contributed by atoms with Crippen molar-refractivity contribution >= 4 is 29.2 Å². The van der Waals surface area contributed by atoms with E-state index in [9.17, 15) is 14.0 Å². The zero-order chi connectivity index (χ0) is 23.3. The molecular weight excluding hydrogens is 443 g/mol. The van der Waals surface area contributed by atoms with Crippen molar-refractivity contribution in [2.24, 2.45) is 5.92 Å². The first kappa shape index (κ1) is 21.7. The number of halogens is 1. The van der Waals surface area contributed by atoms with Crippen LogP contribution in [0, 0.1) is 18.7 Å². The Kier molecular flexibility index (Phi) is 5.48. The van der Waals surface area contributed by atoms with Gasteiger partial charge in [0.15, 0.2) is 16.6 Å². The fourth-order valence-electron chi connectivity index (χ4n) is 4.69. The van der Waals surface area contributed by atoms with Gasteiger partial charge in [-0.2, -0.15) is 4.37 Å². The van der Waals surface area contributed by atoms with Crippen molar-refractivity contribution in [2.75, 3.05) is 18.0 Å². The van der Waals surface area contributed by atoms with E-state index in [0.717, 1.165) is 18.5 Å². The third kappa shape index (κ3) is 3.72. The number of benzene rings is 1. The van der Waals surface area contributed by atoms with E-state index in [2.05, 4.69) is 13.9 Å². The SMILES string of the molecule is Cc1nsc(-c2nc(N3CCCC(C)C3=O)c3n2CCN(C(=O)c2ccc(F)cc2)C3C)n1. The van der Waals surface area contributed by atoms with Gasteiger partial charge in [0.25, 0.3) is 5.91 Å². The standard InChI is InChI=1S/C23H25FN6O2S/c1-13-5-4-10-30(22(13)31)19-18-14(2)28(23(32)16-6-8-17(24)9-7-16)11-12-29(18)20(26-19)21-25-15(3)27-33-21/h6-9,13-14H,4-5,10-12H2,1-3H3. The lowest BCUT2D eigenvalue weighted by atomic mass is 9.98. The lowest BCUT2D eigenvalue weighted by Gasteiger charge is -2.37. The number of rotatable bonds is 3. The highest BCUT2D eigenvalue weighted by molar-refractivity contribution is 7.09. The summed E-state index contributed by atoms with van der Waals surface area (Å²) in [5.74, 6) is 1.38. The number of carbonyl (C=O) groups is 2. The quantitative estimate of drug-likeness (QED) is 0.583. The highest BCUT2D eigenvalue weighted by Gasteiger charge is 2.38. The summed E-state index contributed by atoms with van der Waals surface area (Å²) in [6.07, 6.45) is 1.76. The van der Waals surface area contributed by atoms with E-state index in [1.54, 1.807) is 9.80 Å². The fraction of sp³-hybridized carbons (Fsp3) is 0.435. The van der Waals surface area contributed by atoms with E-state index in [1.165, 1.54) is 35.8 Å². The molecule has 0 aliphatic carbocycles. The molecule has 2 amide bonds. The van der Waals surface area contributed by atoms with Crippen LogP contribution in [0.3, 0.4) is 0 Å². The number of nitrogens with zero attached hydrogens (tertiary/aromatic N) is 6. The van der Waals surface area contributed by atoms with Crippen molar-refractivity contribution in [3.63, 3.8) is 0 Å². The van der Waals surface area contributed by atoms with E-state index in [0.29, 0.717) is 47.7 Å². The average Bonchev–Trinajstić information content (AvgIpc) is 3.40. The number of imidazole rings is 1. The molecule has 2 aromatic heterocycles. The van der Waals surface area contributed by atoms with Crippen LogP contribution in [-0.2, 0) is 11.3 Å². The maximum Gasteiger partial charge on any atom is 0.254 e. The molecule has 172 valence electrons. The first-order chi connectivity index (χ1) is 15.8. The monoisotopic (exact) mass is 468 g/mol. The molecule has 0 radical (unpaired) electrons. The van der Waals surface area contributed by atoms with Gasteiger partial charge in [0.05, 0.1) is 11.7 Å². The number of piperidine rings is 1. The van der Waals surface area contributed by atoms with Gasteiger partial charge < -0.3 is 9.47 Å². The molecule has 4 heterocycles. The second-order valence-electron chi connectivity index (χ2n) is 8.66. The topological polar surface area (TPSA) is 84.2 Å². The Morgan fingerprint density at radius 3 is 2.58 bits per heavy atom. The summed E-state index contributed by atoms with van der Waals surface area (Å²) in [5, 5.41) is 0.697. The first-order valence-electron chi connectivity index (χ1n) is 11.1. The summed E-state index contributed by atoms with van der Waals surface area (Å²) in [6, 6.07) is 5.26. The normalized spacial score (nSPS) is 20.8. The zero-order valence-corrected chi connectivity index (χ0v) is 19.6. The molecule has 1 aromatic carbocycles. The minimum atomic E-state index is -0.381. The predicted molar refractivity (Wildman–Crippen MR) is 122 cm³/mol. The van der Waals surface area contributed by atoms with Crippen molar-refractivity contribution in [3.8, 4) is 10.8 Å². The van der Waals surface area contributed by atoms with Crippen LogP contribution >= 0.6 is 11.5 Å². The number of hydrogen-bond acceptors (Lipinski definition) is 6. The molecule has 0 N–H and O–H groups in total. The van der Waals surface area contributed by atoms with Crippen LogP contribution < -0.4 is 4.90 Å². The number of anilines is 1. The van der Waals surface area contributed by atoms with Crippen molar-refractivity contribution in [2.45, 2.75) is 46.2 Å². The van der Waals surface area contributed by atoms with Gasteiger partial charge in [-0.05, 0) is 62.5 Å². The highest BCUT2D eigenvalue weighted by atomic mass is 32.1. The second kappa shape index (κ2) is 8.33. The van der Waals surface area contributed by atoms with Crippen LogP contribution in [0.2, 0.25) is 0 Å². The molecular formula is C23H25FN6O2S. The summed E-state index contributed by atoms with van der Waals surface area (Å²) in [6.45, 7) is 7.31. The Morgan fingerprint density at radius 1 is 1.12 bits per heavy atom. The van der Waals surface area contributed by atoms with Gasteiger partial charge in [-0.1, -0.05) is 6.92 Å². The molecule has 5 rings (SSSR count). The van der Waals surface area contributed by atoms with Gasteiger partial charge in [-0.15, -0.1) is 0 Å². The summed E-state index contributed by atoms with van der Waals surface area (Å²) in [7, 11) is 0. The molecule has 2 atom stereocenters. The van der Waals surface area contributed by atoms with E-state index in [-0.39, 0.29) is 29.6 Å². The number of aryl methyl sites for hydroxylation is 1. The molecule has 2 unspecified atom stereocenters. The zero-order valence-electron chi connectivity index (χ0n) is 18.8. The van der Waals surface area contributed by atoms with Crippen LogP contribution in [0.1, 0.15) is 54.6 Å². The summed E-state index contributed by atoms with van der Waals surface area (Å²) in [5.41, 5.74) is 1.25. The van der Waals surface area contributed by atoms with Gasteiger partial charge in [0.1, 0.15) is 11.6 Å². The second-order valence-corrected chi connectivity index (χ2v) is 9.41. The maximum absolute atomic E-state index is 13.4. The minimum Gasteiger partial charge on any atom is -0.328 e. The highest BCUT2D eigenvalue weighted by Crippen LogP contribution is 2.39. The van der Waals surface area contributed by atoms with Crippen LogP contribution in [0.25, 0.3) is 10.8 Å². The lowest BCUT2D eigenvalue weighted by molar-refractivity contribution is -0.123. The van der Waals surface area contributed by atoms with Crippen LogP contribution in [-0.4, -0.2) is 48.7 Å². The molecule has 0 bridgehead atoms. The molecule has 1 saturated heterocycles. The van der Waals surface area contributed by atoms with Crippen molar-refractivity contribution in [1.29, 1.82) is 0 Å².